The lowest BCUT2D eigenvalue weighted by Gasteiger charge is -2.17. The first-order chi connectivity index (χ1) is 7.65. The minimum atomic E-state index is 0.669. The molecule has 90 valence electrons. The van der Waals surface area contributed by atoms with Crippen molar-refractivity contribution in [3.8, 4) is 0 Å². The highest BCUT2D eigenvalue weighted by Gasteiger charge is 2.10. The maximum absolute atomic E-state index is 3.39. The van der Waals surface area contributed by atoms with Crippen molar-refractivity contribution in [2.45, 2.75) is 44.4 Å². The molecule has 0 fully saturated rings. The number of hydrogen-bond acceptors (Lipinski definition) is 2. The number of benzene rings is 1. The maximum atomic E-state index is 3.39. The van der Waals surface area contributed by atoms with Crippen molar-refractivity contribution in [2.24, 2.45) is 5.92 Å². The van der Waals surface area contributed by atoms with Crippen molar-refractivity contribution in [1.82, 2.24) is 5.32 Å². The molecule has 0 spiro atoms. The molecular formula is C14H23NS. The van der Waals surface area contributed by atoms with Gasteiger partial charge in [-0.25, -0.2) is 0 Å². The van der Waals surface area contributed by atoms with Gasteiger partial charge in [-0.1, -0.05) is 45.9 Å². The lowest BCUT2D eigenvalue weighted by atomic mass is 10.2. The van der Waals surface area contributed by atoms with E-state index in [1.165, 1.54) is 10.5 Å². The Kier molecular flexibility index (Phi) is 5.93. The first-order valence-corrected chi connectivity index (χ1v) is 6.98. The van der Waals surface area contributed by atoms with Crippen LogP contribution in [0.1, 0.15) is 33.3 Å². The van der Waals surface area contributed by atoms with Gasteiger partial charge >= 0.3 is 0 Å². The number of nitrogens with one attached hydrogen (secondary N) is 1. The minimum absolute atomic E-state index is 0.669. The van der Waals surface area contributed by atoms with Gasteiger partial charge in [0, 0.05) is 16.7 Å². The van der Waals surface area contributed by atoms with Crippen LogP contribution < -0.4 is 5.32 Å². The number of rotatable bonds is 6. The van der Waals surface area contributed by atoms with E-state index in [-0.39, 0.29) is 0 Å². The Morgan fingerprint density at radius 2 is 1.88 bits per heavy atom. The van der Waals surface area contributed by atoms with Gasteiger partial charge in [0.05, 0.1) is 0 Å². The minimum Gasteiger partial charge on any atom is -0.313 e. The van der Waals surface area contributed by atoms with Gasteiger partial charge < -0.3 is 5.32 Å². The molecular weight excluding hydrogens is 214 g/mol. The summed E-state index contributed by atoms with van der Waals surface area (Å²) in [5, 5.41) is 4.06. The highest BCUT2D eigenvalue weighted by molar-refractivity contribution is 8.00. The van der Waals surface area contributed by atoms with E-state index in [2.05, 4.69) is 57.3 Å². The SMILES string of the molecule is CCNCc1ccccc1SC(C)C(C)C. The molecule has 0 amide bonds. The first-order valence-electron chi connectivity index (χ1n) is 6.10. The van der Waals surface area contributed by atoms with Crippen LogP contribution >= 0.6 is 11.8 Å². The molecule has 0 radical (unpaired) electrons. The fourth-order valence-corrected chi connectivity index (χ4v) is 2.48. The topological polar surface area (TPSA) is 12.0 Å². The molecule has 1 aromatic rings. The second-order valence-electron chi connectivity index (χ2n) is 4.46. The lowest BCUT2D eigenvalue weighted by Crippen LogP contribution is -2.13. The van der Waals surface area contributed by atoms with Gasteiger partial charge in [0.1, 0.15) is 0 Å². The van der Waals surface area contributed by atoms with E-state index >= 15 is 0 Å². The van der Waals surface area contributed by atoms with Crippen LogP contribution in [0, 0.1) is 5.92 Å². The molecule has 1 atom stereocenters. The van der Waals surface area contributed by atoms with Crippen molar-refractivity contribution < 1.29 is 0 Å². The average Bonchev–Trinajstić information content (AvgIpc) is 2.27. The van der Waals surface area contributed by atoms with E-state index in [4.69, 9.17) is 0 Å². The third-order valence-electron chi connectivity index (χ3n) is 2.79. The standard InChI is InChI=1S/C14H23NS/c1-5-15-10-13-8-6-7-9-14(13)16-12(4)11(2)3/h6-9,11-12,15H,5,10H2,1-4H3. The Balaban J connectivity index is 2.70. The zero-order valence-corrected chi connectivity index (χ0v) is 11.6. The Morgan fingerprint density at radius 1 is 1.19 bits per heavy atom. The molecule has 0 aliphatic carbocycles. The molecule has 2 heteroatoms. The summed E-state index contributed by atoms with van der Waals surface area (Å²) in [4.78, 5) is 1.42. The fourth-order valence-electron chi connectivity index (χ4n) is 1.36. The van der Waals surface area contributed by atoms with Gasteiger partial charge in [-0.15, -0.1) is 11.8 Å². The summed E-state index contributed by atoms with van der Waals surface area (Å²) in [7, 11) is 0. The van der Waals surface area contributed by atoms with E-state index in [0.29, 0.717) is 5.25 Å². The maximum Gasteiger partial charge on any atom is 0.0216 e. The van der Waals surface area contributed by atoms with Crippen molar-refractivity contribution in [1.29, 1.82) is 0 Å². The van der Waals surface area contributed by atoms with Crippen molar-refractivity contribution >= 4 is 11.8 Å². The second-order valence-corrected chi connectivity index (χ2v) is 5.87. The van der Waals surface area contributed by atoms with Crippen molar-refractivity contribution in [2.75, 3.05) is 6.54 Å². The lowest BCUT2D eigenvalue weighted by molar-refractivity contribution is 0.641. The second kappa shape index (κ2) is 6.97. The van der Waals surface area contributed by atoms with Gasteiger partial charge in [0.25, 0.3) is 0 Å². The largest absolute Gasteiger partial charge is 0.313 e. The van der Waals surface area contributed by atoms with Gasteiger partial charge in [-0.05, 0) is 24.1 Å². The van der Waals surface area contributed by atoms with Gasteiger partial charge in [0.15, 0.2) is 0 Å². The first kappa shape index (κ1) is 13.6. The Hall–Kier alpha value is -0.470. The molecule has 0 heterocycles. The summed E-state index contributed by atoms with van der Waals surface area (Å²) in [6.45, 7) is 11.0. The van der Waals surface area contributed by atoms with Crippen LogP contribution in [0.15, 0.2) is 29.2 Å². The normalized spacial score (nSPS) is 13.1. The van der Waals surface area contributed by atoms with Gasteiger partial charge in [0.2, 0.25) is 0 Å². The summed E-state index contributed by atoms with van der Waals surface area (Å²) in [6.07, 6.45) is 0. The third-order valence-corrected chi connectivity index (χ3v) is 4.36. The molecule has 0 aliphatic heterocycles. The van der Waals surface area contributed by atoms with Crippen LogP contribution in [0.4, 0.5) is 0 Å². The van der Waals surface area contributed by atoms with E-state index in [1.54, 1.807) is 0 Å². The molecule has 1 nitrogen and oxygen atoms in total. The Bertz CT molecular complexity index is 309. The summed E-state index contributed by atoms with van der Waals surface area (Å²) in [6, 6.07) is 8.70. The van der Waals surface area contributed by atoms with Crippen LogP contribution in [0.3, 0.4) is 0 Å². The van der Waals surface area contributed by atoms with Crippen LogP contribution in [0.25, 0.3) is 0 Å². The molecule has 0 saturated carbocycles. The van der Waals surface area contributed by atoms with Gasteiger partial charge in [-0.3, -0.25) is 0 Å². The molecule has 0 saturated heterocycles. The van der Waals surface area contributed by atoms with Crippen LogP contribution in [0.2, 0.25) is 0 Å². The number of hydrogen-bond donors (Lipinski definition) is 1. The summed E-state index contributed by atoms with van der Waals surface area (Å²) in [5.74, 6) is 0.720. The monoisotopic (exact) mass is 237 g/mol. The molecule has 1 unspecified atom stereocenters. The van der Waals surface area contributed by atoms with E-state index in [9.17, 15) is 0 Å². The van der Waals surface area contributed by atoms with Gasteiger partial charge in [-0.2, -0.15) is 0 Å². The van der Waals surface area contributed by atoms with Crippen LogP contribution in [-0.2, 0) is 6.54 Å². The Labute approximate surface area is 104 Å². The molecule has 0 aromatic heterocycles. The molecule has 0 aliphatic rings. The molecule has 1 aromatic carbocycles. The summed E-state index contributed by atoms with van der Waals surface area (Å²) in [5.41, 5.74) is 1.42. The van der Waals surface area contributed by atoms with Crippen LogP contribution in [-0.4, -0.2) is 11.8 Å². The zero-order chi connectivity index (χ0) is 12.0. The quantitative estimate of drug-likeness (QED) is 0.752. The Morgan fingerprint density at radius 3 is 2.50 bits per heavy atom. The summed E-state index contributed by atoms with van der Waals surface area (Å²) >= 11 is 1.99. The van der Waals surface area contributed by atoms with Crippen molar-refractivity contribution in [3.63, 3.8) is 0 Å². The smallest absolute Gasteiger partial charge is 0.0216 e. The fraction of sp³-hybridized carbons (Fsp3) is 0.571. The molecule has 0 bridgehead atoms. The molecule has 1 rings (SSSR count). The zero-order valence-electron chi connectivity index (χ0n) is 10.8. The molecule has 1 N–H and O–H groups in total. The highest BCUT2D eigenvalue weighted by Crippen LogP contribution is 2.30. The van der Waals surface area contributed by atoms with E-state index in [1.807, 2.05) is 11.8 Å². The predicted octanol–water partition coefficient (Wildman–Crippen LogP) is 3.93. The van der Waals surface area contributed by atoms with E-state index < -0.39 is 0 Å². The predicted molar refractivity (Wildman–Crippen MR) is 74.0 cm³/mol. The molecule has 16 heavy (non-hydrogen) atoms. The number of thioether (sulfide) groups is 1. The third kappa shape index (κ3) is 4.18. The summed E-state index contributed by atoms with van der Waals surface area (Å²) < 4.78 is 0. The van der Waals surface area contributed by atoms with Crippen molar-refractivity contribution in [3.05, 3.63) is 29.8 Å². The average molecular weight is 237 g/mol. The van der Waals surface area contributed by atoms with E-state index in [0.717, 1.165) is 19.0 Å². The highest BCUT2D eigenvalue weighted by atomic mass is 32.2. The van der Waals surface area contributed by atoms with Crippen LogP contribution in [0.5, 0.6) is 0 Å².